The number of carbonyl (C=O) groups is 3. The minimum Gasteiger partial charge on any atom is -0.465 e. The van der Waals surface area contributed by atoms with Crippen molar-refractivity contribution in [2.45, 2.75) is 31.0 Å². The van der Waals surface area contributed by atoms with E-state index in [0.717, 1.165) is 0 Å². The number of benzene rings is 2. The van der Waals surface area contributed by atoms with Crippen LogP contribution in [0.4, 0.5) is 5.69 Å². The van der Waals surface area contributed by atoms with E-state index in [-0.39, 0.29) is 52.6 Å². The van der Waals surface area contributed by atoms with E-state index in [0.29, 0.717) is 0 Å². The second-order valence-electron chi connectivity index (χ2n) is 7.84. The molecule has 2 unspecified atom stereocenters. The summed E-state index contributed by atoms with van der Waals surface area (Å²) in [5.41, 5.74) is 0.458. The number of carbonyl (C=O) groups excluding carboxylic acids is 3. The van der Waals surface area contributed by atoms with Gasteiger partial charge in [0.05, 0.1) is 42.4 Å². The van der Waals surface area contributed by atoms with Gasteiger partial charge in [-0.15, -0.1) is 0 Å². The van der Waals surface area contributed by atoms with Crippen LogP contribution in [-0.2, 0) is 24.2 Å². The number of methoxy groups -OCH3 is 2. The summed E-state index contributed by atoms with van der Waals surface area (Å²) < 4.78 is 42.3. The Labute approximate surface area is 197 Å². The molecule has 1 aliphatic rings. The molecule has 2 atom stereocenters. The van der Waals surface area contributed by atoms with E-state index in [1.54, 1.807) is 0 Å². The van der Waals surface area contributed by atoms with Crippen molar-refractivity contribution in [3.05, 3.63) is 59.2 Å². The molecule has 1 amide bonds. The summed E-state index contributed by atoms with van der Waals surface area (Å²) in [6.45, 7) is 4.11. The Morgan fingerprint density at radius 1 is 0.882 bits per heavy atom. The second kappa shape index (κ2) is 10.3. The first-order valence-corrected chi connectivity index (χ1v) is 11.9. The maximum Gasteiger partial charge on any atom is 0.337 e. The van der Waals surface area contributed by atoms with Gasteiger partial charge < -0.3 is 19.5 Å². The van der Waals surface area contributed by atoms with Crippen LogP contribution in [0.15, 0.2) is 47.4 Å². The number of ether oxygens (including phenoxy) is 3. The molecule has 1 heterocycles. The highest BCUT2D eigenvalue weighted by molar-refractivity contribution is 7.89. The van der Waals surface area contributed by atoms with Crippen molar-refractivity contribution in [2.75, 3.05) is 32.6 Å². The topological polar surface area (TPSA) is 128 Å². The van der Waals surface area contributed by atoms with E-state index >= 15 is 0 Å². The lowest BCUT2D eigenvalue weighted by Crippen LogP contribution is -2.48. The Morgan fingerprint density at radius 2 is 1.38 bits per heavy atom. The van der Waals surface area contributed by atoms with Gasteiger partial charge in [0.25, 0.3) is 5.91 Å². The highest BCUT2D eigenvalue weighted by Gasteiger charge is 2.32. The maximum absolute atomic E-state index is 13.0. The minimum atomic E-state index is -3.75. The van der Waals surface area contributed by atoms with Gasteiger partial charge in [-0.05, 0) is 56.3 Å². The molecule has 1 aliphatic heterocycles. The number of morpholine rings is 1. The van der Waals surface area contributed by atoms with Crippen molar-refractivity contribution in [3.8, 4) is 0 Å². The van der Waals surface area contributed by atoms with Crippen LogP contribution in [0.2, 0.25) is 0 Å². The third kappa shape index (κ3) is 5.61. The highest BCUT2D eigenvalue weighted by atomic mass is 32.2. The zero-order valence-electron chi connectivity index (χ0n) is 19.2. The normalized spacial score (nSPS) is 18.7. The van der Waals surface area contributed by atoms with Crippen LogP contribution in [-0.4, -0.2) is 70.1 Å². The average molecular weight is 491 g/mol. The van der Waals surface area contributed by atoms with Gasteiger partial charge in [0.2, 0.25) is 10.0 Å². The summed E-state index contributed by atoms with van der Waals surface area (Å²) in [4.78, 5) is 36.7. The number of hydrogen-bond donors (Lipinski definition) is 1. The molecule has 182 valence electrons. The molecule has 11 heteroatoms. The van der Waals surface area contributed by atoms with E-state index in [9.17, 15) is 22.8 Å². The third-order valence-electron chi connectivity index (χ3n) is 5.17. The molecular weight excluding hydrogens is 464 g/mol. The smallest absolute Gasteiger partial charge is 0.337 e. The van der Waals surface area contributed by atoms with Gasteiger partial charge in [0, 0.05) is 24.3 Å². The zero-order valence-corrected chi connectivity index (χ0v) is 20.0. The highest BCUT2D eigenvalue weighted by Crippen LogP contribution is 2.22. The lowest BCUT2D eigenvalue weighted by Gasteiger charge is -2.34. The molecule has 2 aromatic carbocycles. The Hall–Kier alpha value is -3.28. The molecule has 3 rings (SSSR count). The first-order valence-electron chi connectivity index (χ1n) is 10.4. The number of hydrogen-bond acceptors (Lipinski definition) is 8. The van der Waals surface area contributed by atoms with Gasteiger partial charge in [-0.3, -0.25) is 4.79 Å². The van der Waals surface area contributed by atoms with E-state index < -0.39 is 27.9 Å². The molecule has 0 spiro atoms. The predicted octanol–water partition coefficient (Wildman–Crippen LogP) is 2.31. The van der Waals surface area contributed by atoms with Gasteiger partial charge in [0.15, 0.2) is 0 Å². The summed E-state index contributed by atoms with van der Waals surface area (Å²) in [5.74, 6) is -1.94. The Bertz CT molecular complexity index is 1150. The lowest BCUT2D eigenvalue weighted by atomic mass is 10.1. The molecule has 0 bridgehead atoms. The molecule has 10 nitrogen and oxygen atoms in total. The third-order valence-corrected chi connectivity index (χ3v) is 7.02. The van der Waals surface area contributed by atoms with Crippen LogP contribution in [0.3, 0.4) is 0 Å². The molecule has 0 radical (unpaired) electrons. The van der Waals surface area contributed by atoms with Crippen LogP contribution in [0, 0.1) is 0 Å². The van der Waals surface area contributed by atoms with Crippen molar-refractivity contribution in [1.82, 2.24) is 4.31 Å². The van der Waals surface area contributed by atoms with Crippen LogP contribution >= 0.6 is 0 Å². The fraction of sp³-hybridized carbons (Fsp3) is 0.348. The number of rotatable bonds is 6. The van der Waals surface area contributed by atoms with Gasteiger partial charge in [-0.2, -0.15) is 4.31 Å². The summed E-state index contributed by atoms with van der Waals surface area (Å²) in [5, 5.41) is 2.60. The lowest BCUT2D eigenvalue weighted by molar-refractivity contribution is -0.0440. The Morgan fingerprint density at radius 3 is 1.85 bits per heavy atom. The first kappa shape index (κ1) is 25.3. The monoisotopic (exact) mass is 490 g/mol. The average Bonchev–Trinajstić information content (AvgIpc) is 2.82. The number of esters is 2. The van der Waals surface area contributed by atoms with Gasteiger partial charge >= 0.3 is 11.9 Å². The zero-order chi connectivity index (χ0) is 25.0. The van der Waals surface area contributed by atoms with Crippen molar-refractivity contribution < 1.29 is 37.0 Å². The second-order valence-corrected chi connectivity index (χ2v) is 9.78. The largest absolute Gasteiger partial charge is 0.465 e. The van der Waals surface area contributed by atoms with Gasteiger partial charge in [-0.25, -0.2) is 18.0 Å². The van der Waals surface area contributed by atoms with E-state index in [2.05, 4.69) is 14.8 Å². The molecule has 0 saturated carbocycles. The molecule has 34 heavy (non-hydrogen) atoms. The van der Waals surface area contributed by atoms with Crippen LogP contribution in [0.5, 0.6) is 0 Å². The van der Waals surface area contributed by atoms with Gasteiger partial charge in [0.1, 0.15) is 0 Å². The number of amides is 1. The molecule has 1 saturated heterocycles. The molecular formula is C23H26N2O8S. The number of nitrogens with one attached hydrogen (secondary N) is 1. The predicted molar refractivity (Wildman–Crippen MR) is 122 cm³/mol. The summed E-state index contributed by atoms with van der Waals surface area (Å²) in [6.07, 6.45) is -0.446. The van der Waals surface area contributed by atoms with Crippen LogP contribution < -0.4 is 5.32 Å². The van der Waals surface area contributed by atoms with Crippen LogP contribution in [0.25, 0.3) is 0 Å². The molecule has 2 aromatic rings. The van der Waals surface area contributed by atoms with Crippen LogP contribution in [0.1, 0.15) is 44.9 Å². The summed E-state index contributed by atoms with van der Waals surface area (Å²) in [7, 11) is -1.36. The fourth-order valence-electron chi connectivity index (χ4n) is 3.63. The molecule has 0 aliphatic carbocycles. The Kier molecular flexibility index (Phi) is 7.70. The van der Waals surface area contributed by atoms with Crippen molar-refractivity contribution >= 4 is 33.6 Å². The van der Waals surface area contributed by atoms with Crippen molar-refractivity contribution in [2.24, 2.45) is 0 Å². The quantitative estimate of drug-likeness (QED) is 0.611. The van der Waals surface area contributed by atoms with Crippen molar-refractivity contribution in [1.29, 1.82) is 0 Å². The van der Waals surface area contributed by atoms with Crippen molar-refractivity contribution in [3.63, 3.8) is 0 Å². The van der Waals surface area contributed by atoms with Gasteiger partial charge in [-0.1, -0.05) is 0 Å². The summed E-state index contributed by atoms with van der Waals surface area (Å²) in [6, 6.07) is 9.51. The number of sulfonamides is 1. The van der Waals surface area contributed by atoms with E-state index in [1.165, 1.54) is 61.0 Å². The summed E-state index contributed by atoms with van der Waals surface area (Å²) >= 11 is 0. The number of anilines is 1. The fourth-order valence-corrected chi connectivity index (χ4v) is 5.22. The van der Waals surface area contributed by atoms with E-state index in [4.69, 9.17) is 4.74 Å². The molecule has 1 N–H and O–H groups in total. The standard InChI is InChI=1S/C23H26N2O8S/c1-14-12-25(13-15(2)33-14)34(29,30)20-7-5-16(6-8-20)21(26)24-19-10-17(22(27)31-3)9-18(11-19)23(28)32-4/h5-11,14-15H,12-13H2,1-4H3,(H,24,26). The Balaban J connectivity index is 1.81. The maximum atomic E-state index is 13.0. The number of nitrogens with zero attached hydrogens (tertiary/aromatic N) is 1. The minimum absolute atomic E-state index is 0.0520. The first-order chi connectivity index (χ1) is 16.0. The SMILES string of the molecule is COC(=O)c1cc(NC(=O)c2ccc(S(=O)(=O)N3CC(C)OC(C)C3)cc2)cc(C(=O)OC)c1. The van der Waals surface area contributed by atoms with E-state index in [1.807, 2.05) is 13.8 Å². The molecule has 0 aromatic heterocycles. The molecule has 1 fully saturated rings.